The van der Waals surface area contributed by atoms with Crippen LogP contribution in [0.15, 0.2) is 115 Å². The molecule has 0 amide bonds. The van der Waals surface area contributed by atoms with E-state index in [-0.39, 0.29) is 0 Å². The maximum Gasteiger partial charge on any atom is 0.119 e. The lowest BCUT2D eigenvalue weighted by molar-refractivity contribution is 0.306. The van der Waals surface area contributed by atoms with Crippen molar-refractivity contribution in [1.29, 1.82) is 0 Å². The summed E-state index contributed by atoms with van der Waals surface area (Å²) in [7, 11) is 0. The van der Waals surface area contributed by atoms with E-state index in [0.29, 0.717) is 0 Å². The maximum atomic E-state index is 6.29. The summed E-state index contributed by atoms with van der Waals surface area (Å²) in [5.74, 6) is 0.943. The van der Waals surface area contributed by atoms with E-state index in [1.54, 1.807) is 0 Å². The standard InChI is InChI=1S/C37H30O/c1-2-3-10-23-38-28-21-22-29-32(24-28)35(27-15-8-5-9-16-27)37-31-20-12-18-25-17-11-19-30(33(25)31)36(37)34(29)26-13-6-4-7-14-26/h4-9,11-22,24H,2-3,10,23H2,1H3. The molecule has 0 radical (unpaired) electrons. The molecule has 0 aromatic heterocycles. The second-order valence-electron chi connectivity index (χ2n) is 10.2. The normalized spacial score (nSPS) is 11.7. The zero-order valence-electron chi connectivity index (χ0n) is 21.7. The zero-order chi connectivity index (χ0) is 25.5. The molecule has 0 unspecified atom stereocenters. The first-order chi connectivity index (χ1) is 18.8. The number of ether oxygens (including phenoxy) is 1. The van der Waals surface area contributed by atoms with Crippen molar-refractivity contribution in [2.75, 3.05) is 6.61 Å². The van der Waals surface area contributed by atoms with Crippen LogP contribution in [0.3, 0.4) is 0 Å². The van der Waals surface area contributed by atoms with Gasteiger partial charge in [-0.2, -0.15) is 0 Å². The summed E-state index contributed by atoms with van der Waals surface area (Å²) in [6.07, 6.45) is 3.46. The van der Waals surface area contributed by atoms with Crippen molar-refractivity contribution in [1.82, 2.24) is 0 Å². The van der Waals surface area contributed by atoms with Crippen LogP contribution < -0.4 is 4.74 Å². The van der Waals surface area contributed by atoms with Crippen LogP contribution in [0.4, 0.5) is 0 Å². The van der Waals surface area contributed by atoms with Gasteiger partial charge in [0.1, 0.15) is 5.75 Å². The molecule has 0 spiro atoms. The number of unbranched alkanes of at least 4 members (excludes halogenated alkanes) is 2. The molecule has 1 aliphatic rings. The Bertz CT molecular complexity index is 1780. The summed E-state index contributed by atoms with van der Waals surface area (Å²) in [6.45, 7) is 2.98. The number of benzene rings is 6. The molecule has 184 valence electrons. The van der Waals surface area contributed by atoms with Gasteiger partial charge in [0.15, 0.2) is 0 Å². The molecule has 0 fully saturated rings. The molecule has 0 N–H and O–H groups in total. The molecule has 7 rings (SSSR count). The lowest BCUT2D eigenvalue weighted by Crippen LogP contribution is -1.98. The number of hydrogen-bond acceptors (Lipinski definition) is 1. The lowest BCUT2D eigenvalue weighted by Gasteiger charge is -2.21. The molecule has 0 atom stereocenters. The number of hydrogen-bond donors (Lipinski definition) is 0. The SMILES string of the molecule is CCCCCOc1ccc2c(-c3ccccc3)c3c(c(-c4ccccc4)c2c1)-c1cccc2cccc-3c12. The lowest BCUT2D eigenvalue weighted by atomic mass is 9.82. The van der Waals surface area contributed by atoms with Crippen LogP contribution in [0, 0.1) is 0 Å². The molecule has 38 heavy (non-hydrogen) atoms. The summed E-state index contributed by atoms with van der Waals surface area (Å²) in [4.78, 5) is 0. The van der Waals surface area contributed by atoms with Gasteiger partial charge in [0.2, 0.25) is 0 Å². The molecule has 1 heteroatoms. The average molecular weight is 491 g/mol. The fourth-order valence-electron chi connectivity index (χ4n) is 6.21. The van der Waals surface area contributed by atoms with Crippen LogP contribution in [0.2, 0.25) is 0 Å². The Morgan fingerprint density at radius 1 is 0.526 bits per heavy atom. The fraction of sp³-hybridized carbons (Fsp3) is 0.135. The highest BCUT2D eigenvalue weighted by Crippen LogP contribution is 2.57. The molecular formula is C37H30O. The minimum absolute atomic E-state index is 0.751. The molecule has 0 heterocycles. The van der Waals surface area contributed by atoms with Gasteiger partial charge in [0.05, 0.1) is 6.61 Å². The van der Waals surface area contributed by atoms with Crippen molar-refractivity contribution in [2.24, 2.45) is 0 Å². The minimum atomic E-state index is 0.751. The number of rotatable bonds is 7. The third kappa shape index (κ3) is 3.62. The van der Waals surface area contributed by atoms with Gasteiger partial charge in [0, 0.05) is 0 Å². The van der Waals surface area contributed by atoms with Gasteiger partial charge >= 0.3 is 0 Å². The van der Waals surface area contributed by atoms with Crippen molar-refractivity contribution < 1.29 is 4.74 Å². The Labute approximate surface area is 224 Å². The Hall–Kier alpha value is -4.36. The highest BCUT2D eigenvalue weighted by atomic mass is 16.5. The van der Waals surface area contributed by atoms with E-state index in [1.165, 1.54) is 78.9 Å². The molecule has 0 saturated heterocycles. The van der Waals surface area contributed by atoms with Crippen molar-refractivity contribution >= 4 is 21.5 Å². The van der Waals surface area contributed by atoms with E-state index >= 15 is 0 Å². The monoisotopic (exact) mass is 490 g/mol. The van der Waals surface area contributed by atoms with Gasteiger partial charge in [-0.1, -0.05) is 123 Å². The summed E-state index contributed by atoms with van der Waals surface area (Å²) >= 11 is 0. The summed E-state index contributed by atoms with van der Waals surface area (Å²) in [5, 5.41) is 5.15. The molecule has 6 aromatic carbocycles. The summed E-state index contributed by atoms with van der Waals surface area (Å²) in [5.41, 5.74) is 10.4. The molecule has 0 aliphatic heterocycles. The third-order valence-corrected chi connectivity index (χ3v) is 7.86. The van der Waals surface area contributed by atoms with Crippen molar-refractivity contribution in [3.63, 3.8) is 0 Å². The van der Waals surface area contributed by atoms with Gasteiger partial charge < -0.3 is 4.74 Å². The van der Waals surface area contributed by atoms with Gasteiger partial charge in [-0.25, -0.2) is 0 Å². The second-order valence-corrected chi connectivity index (χ2v) is 10.2. The number of fused-ring (bicyclic) bond motifs is 4. The van der Waals surface area contributed by atoms with Crippen LogP contribution in [0.5, 0.6) is 5.75 Å². The highest BCUT2D eigenvalue weighted by molar-refractivity contribution is 6.27. The fourth-order valence-corrected chi connectivity index (χ4v) is 6.21. The van der Waals surface area contributed by atoms with Crippen LogP contribution >= 0.6 is 0 Å². The van der Waals surface area contributed by atoms with Gasteiger partial charge in [-0.3, -0.25) is 0 Å². The summed E-state index contributed by atoms with van der Waals surface area (Å²) in [6, 6.07) is 42.0. The highest BCUT2D eigenvalue weighted by Gasteiger charge is 2.30. The van der Waals surface area contributed by atoms with Gasteiger partial charge in [-0.05, 0) is 84.6 Å². The maximum absolute atomic E-state index is 6.29. The summed E-state index contributed by atoms with van der Waals surface area (Å²) < 4.78 is 6.29. The predicted octanol–water partition coefficient (Wildman–Crippen LogP) is 10.5. The van der Waals surface area contributed by atoms with Crippen molar-refractivity contribution in [2.45, 2.75) is 26.2 Å². The molecule has 6 aromatic rings. The van der Waals surface area contributed by atoms with Crippen LogP contribution in [0.25, 0.3) is 66.1 Å². The molecule has 0 saturated carbocycles. The largest absolute Gasteiger partial charge is 0.494 e. The Morgan fingerprint density at radius 2 is 1.13 bits per heavy atom. The molecular weight excluding hydrogens is 460 g/mol. The molecule has 0 bridgehead atoms. The first kappa shape index (κ1) is 22.8. The zero-order valence-corrected chi connectivity index (χ0v) is 21.7. The van der Waals surface area contributed by atoms with E-state index < -0.39 is 0 Å². The van der Waals surface area contributed by atoms with Crippen molar-refractivity contribution in [3.8, 4) is 50.3 Å². The van der Waals surface area contributed by atoms with Crippen LogP contribution in [0.1, 0.15) is 26.2 Å². The third-order valence-electron chi connectivity index (χ3n) is 7.86. The average Bonchev–Trinajstić information content (AvgIpc) is 3.30. The Balaban J connectivity index is 1.61. The Morgan fingerprint density at radius 3 is 1.74 bits per heavy atom. The Kier molecular flexibility index (Phi) is 5.70. The predicted molar refractivity (Wildman–Crippen MR) is 162 cm³/mol. The first-order valence-corrected chi connectivity index (χ1v) is 13.7. The molecule has 1 aliphatic carbocycles. The van der Waals surface area contributed by atoms with E-state index in [4.69, 9.17) is 4.74 Å². The van der Waals surface area contributed by atoms with Gasteiger partial charge in [0.25, 0.3) is 0 Å². The quantitative estimate of drug-likeness (QED) is 0.202. The second kappa shape index (κ2) is 9.50. The molecule has 1 nitrogen and oxygen atoms in total. The minimum Gasteiger partial charge on any atom is -0.494 e. The van der Waals surface area contributed by atoms with E-state index in [1.807, 2.05) is 0 Å². The van der Waals surface area contributed by atoms with Crippen molar-refractivity contribution in [3.05, 3.63) is 115 Å². The van der Waals surface area contributed by atoms with Crippen LogP contribution in [-0.2, 0) is 0 Å². The van der Waals surface area contributed by atoms with E-state index in [2.05, 4.69) is 122 Å². The van der Waals surface area contributed by atoms with E-state index in [0.717, 1.165) is 18.8 Å². The topological polar surface area (TPSA) is 9.23 Å². The van der Waals surface area contributed by atoms with E-state index in [9.17, 15) is 0 Å². The van der Waals surface area contributed by atoms with Gasteiger partial charge in [-0.15, -0.1) is 0 Å². The van der Waals surface area contributed by atoms with Crippen LogP contribution in [-0.4, -0.2) is 6.61 Å². The first-order valence-electron chi connectivity index (χ1n) is 13.7. The smallest absolute Gasteiger partial charge is 0.119 e.